The lowest BCUT2D eigenvalue weighted by molar-refractivity contribution is 0.718. The van der Waals surface area contributed by atoms with Gasteiger partial charge >= 0.3 is 4.87 Å². The Balaban J connectivity index is 2.09. The third-order valence-electron chi connectivity index (χ3n) is 1.51. The fourth-order valence-corrected chi connectivity index (χ4v) is 2.07. The van der Waals surface area contributed by atoms with Crippen LogP contribution in [-0.4, -0.2) is 23.0 Å². The smallest absolute Gasteiger partial charge is 0.304 e. The van der Waals surface area contributed by atoms with Crippen molar-refractivity contribution in [1.82, 2.24) is 10.3 Å². The molecule has 5 heteroatoms. The number of aromatic nitrogens is 1. The van der Waals surface area contributed by atoms with Crippen molar-refractivity contribution in [2.75, 3.05) is 18.1 Å². The highest BCUT2D eigenvalue weighted by Crippen LogP contribution is 1.97. The van der Waals surface area contributed by atoms with Crippen LogP contribution in [0, 0.1) is 0 Å². The fraction of sp³-hybridized carbons (Fsp3) is 0.625. The van der Waals surface area contributed by atoms with E-state index in [1.165, 1.54) is 11.3 Å². The summed E-state index contributed by atoms with van der Waals surface area (Å²) in [6, 6.07) is 0. The summed E-state index contributed by atoms with van der Waals surface area (Å²) < 4.78 is 0. The molecule has 3 nitrogen and oxygen atoms in total. The molecule has 0 saturated carbocycles. The molecule has 0 bridgehead atoms. The number of H-pyrrole nitrogens is 1. The summed E-state index contributed by atoms with van der Waals surface area (Å²) in [4.78, 5) is 13.5. The van der Waals surface area contributed by atoms with Gasteiger partial charge in [0.05, 0.1) is 0 Å². The second kappa shape index (κ2) is 6.23. The maximum Gasteiger partial charge on any atom is 0.304 e. The molecule has 74 valence electrons. The molecule has 0 unspecified atom stereocenters. The first-order valence-electron chi connectivity index (χ1n) is 4.28. The van der Waals surface area contributed by atoms with Gasteiger partial charge in [0, 0.05) is 29.9 Å². The van der Waals surface area contributed by atoms with Crippen molar-refractivity contribution in [3.8, 4) is 0 Å². The number of nitrogens with one attached hydrogen (secondary N) is 2. The molecule has 0 fully saturated rings. The van der Waals surface area contributed by atoms with Gasteiger partial charge in [-0.1, -0.05) is 18.3 Å². The van der Waals surface area contributed by atoms with Gasteiger partial charge in [-0.3, -0.25) is 4.79 Å². The van der Waals surface area contributed by atoms with Crippen molar-refractivity contribution in [3.63, 3.8) is 0 Å². The highest BCUT2D eigenvalue weighted by molar-refractivity contribution is 7.99. The summed E-state index contributed by atoms with van der Waals surface area (Å²) in [6.07, 6.45) is 0. The SMILES string of the molecule is CCSCCNCc1csc(=O)[nH]1. The highest BCUT2D eigenvalue weighted by Gasteiger charge is 1.94. The summed E-state index contributed by atoms with van der Waals surface area (Å²) >= 11 is 3.13. The summed E-state index contributed by atoms with van der Waals surface area (Å²) in [7, 11) is 0. The van der Waals surface area contributed by atoms with Gasteiger partial charge in [-0.25, -0.2) is 0 Å². The normalized spacial score (nSPS) is 10.5. The molecule has 1 aromatic heterocycles. The van der Waals surface area contributed by atoms with Gasteiger partial charge in [0.25, 0.3) is 0 Å². The third kappa shape index (κ3) is 4.50. The average Bonchev–Trinajstić information content (AvgIpc) is 2.51. The first kappa shape index (κ1) is 10.8. The van der Waals surface area contributed by atoms with Gasteiger partial charge in [0.1, 0.15) is 0 Å². The predicted octanol–water partition coefficient (Wildman–Crippen LogP) is 1.28. The van der Waals surface area contributed by atoms with E-state index < -0.39 is 0 Å². The zero-order chi connectivity index (χ0) is 9.52. The molecule has 2 N–H and O–H groups in total. The van der Waals surface area contributed by atoms with Gasteiger partial charge in [-0.05, 0) is 5.75 Å². The van der Waals surface area contributed by atoms with E-state index in [1.807, 2.05) is 17.1 Å². The first-order valence-corrected chi connectivity index (χ1v) is 6.31. The zero-order valence-corrected chi connectivity index (χ0v) is 9.26. The molecule has 1 aromatic rings. The van der Waals surface area contributed by atoms with Gasteiger partial charge in [0.2, 0.25) is 0 Å². The molecular formula is C8H14N2OS2. The molecule has 1 rings (SSSR count). The Morgan fingerprint density at radius 2 is 2.54 bits per heavy atom. The molecule has 0 aliphatic carbocycles. The molecule has 0 aromatic carbocycles. The molecule has 0 radical (unpaired) electrons. The monoisotopic (exact) mass is 218 g/mol. The number of thioether (sulfide) groups is 1. The summed E-state index contributed by atoms with van der Waals surface area (Å²) in [5.41, 5.74) is 0.983. The first-order chi connectivity index (χ1) is 6.33. The highest BCUT2D eigenvalue weighted by atomic mass is 32.2. The fourth-order valence-electron chi connectivity index (χ4n) is 0.912. The van der Waals surface area contributed by atoms with Crippen molar-refractivity contribution in [3.05, 3.63) is 20.7 Å². The topological polar surface area (TPSA) is 44.9 Å². The summed E-state index contributed by atoms with van der Waals surface area (Å²) in [5, 5.41) is 5.13. The Morgan fingerprint density at radius 3 is 3.15 bits per heavy atom. The molecule has 1 heterocycles. The minimum atomic E-state index is 0.0275. The second-order valence-corrected chi connectivity index (χ2v) is 4.78. The van der Waals surface area contributed by atoms with Gasteiger partial charge in [-0.2, -0.15) is 11.8 Å². The van der Waals surface area contributed by atoms with Crippen LogP contribution in [0.25, 0.3) is 0 Å². The van der Waals surface area contributed by atoms with Crippen LogP contribution >= 0.6 is 23.1 Å². The van der Waals surface area contributed by atoms with E-state index in [0.717, 1.165) is 30.3 Å². The summed E-state index contributed by atoms with van der Waals surface area (Å²) in [6.45, 7) is 3.92. The molecule has 0 amide bonds. The van der Waals surface area contributed by atoms with Crippen molar-refractivity contribution < 1.29 is 0 Å². The van der Waals surface area contributed by atoms with E-state index in [-0.39, 0.29) is 4.87 Å². The van der Waals surface area contributed by atoms with Crippen molar-refractivity contribution in [1.29, 1.82) is 0 Å². The van der Waals surface area contributed by atoms with Crippen LogP contribution in [0.3, 0.4) is 0 Å². The Labute approximate surface area is 86.0 Å². The maximum absolute atomic E-state index is 10.8. The summed E-state index contributed by atoms with van der Waals surface area (Å²) in [5.74, 6) is 2.29. The Kier molecular flexibility index (Phi) is 5.19. The Morgan fingerprint density at radius 1 is 1.69 bits per heavy atom. The van der Waals surface area contributed by atoms with Gasteiger partial charge < -0.3 is 10.3 Å². The number of hydrogen-bond donors (Lipinski definition) is 2. The molecule has 0 atom stereocenters. The molecule has 0 saturated heterocycles. The number of rotatable bonds is 6. The van der Waals surface area contributed by atoms with E-state index in [4.69, 9.17) is 0 Å². The lowest BCUT2D eigenvalue weighted by atomic mass is 10.5. The van der Waals surface area contributed by atoms with Crippen LogP contribution in [0.1, 0.15) is 12.6 Å². The van der Waals surface area contributed by atoms with Crippen molar-refractivity contribution in [2.24, 2.45) is 0 Å². The standard InChI is InChI=1S/C8H14N2OS2/c1-2-12-4-3-9-5-7-6-13-8(11)10-7/h6,9H,2-5H2,1H3,(H,10,11). The van der Waals surface area contributed by atoms with E-state index in [2.05, 4.69) is 17.2 Å². The minimum Gasteiger partial charge on any atom is -0.315 e. The van der Waals surface area contributed by atoms with Crippen molar-refractivity contribution >= 4 is 23.1 Å². The average molecular weight is 218 g/mol. The lowest BCUT2D eigenvalue weighted by Crippen LogP contribution is -2.17. The minimum absolute atomic E-state index is 0.0275. The van der Waals surface area contributed by atoms with Crippen LogP contribution in [0.2, 0.25) is 0 Å². The Bertz CT molecular complexity index is 282. The van der Waals surface area contributed by atoms with Crippen LogP contribution in [0.5, 0.6) is 0 Å². The van der Waals surface area contributed by atoms with Crippen LogP contribution in [-0.2, 0) is 6.54 Å². The second-order valence-electron chi connectivity index (χ2n) is 2.55. The zero-order valence-electron chi connectivity index (χ0n) is 7.63. The number of aromatic amines is 1. The predicted molar refractivity (Wildman–Crippen MR) is 59.6 cm³/mol. The van der Waals surface area contributed by atoms with E-state index in [0.29, 0.717) is 0 Å². The lowest BCUT2D eigenvalue weighted by Gasteiger charge is -2.00. The van der Waals surface area contributed by atoms with Crippen LogP contribution in [0.15, 0.2) is 10.2 Å². The van der Waals surface area contributed by atoms with Gasteiger partial charge in [0.15, 0.2) is 0 Å². The van der Waals surface area contributed by atoms with Crippen molar-refractivity contribution in [2.45, 2.75) is 13.5 Å². The van der Waals surface area contributed by atoms with Crippen LogP contribution in [0.4, 0.5) is 0 Å². The maximum atomic E-state index is 10.8. The van der Waals surface area contributed by atoms with E-state index in [9.17, 15) is 4.79 Å². The molecule has 0 spiro atoms. The number of thiazole rings is 1. The molecule has 13 heavy (non-hydrogen) atoms. The Hall–Kier alpha value is -0.260. The molecule has 0 aliphatic heterocycles. The number of hydrogen-bond acceptors (Lipinski definition) is 4. The van der Waals surface area contributed by atoms with Crippen LogP contribution < -0.4 is 10.2 Å². The van der Waals surface area contributed by atoms with E-state index in [1.54, 1.807) is 0 Å². The van der Waals surface area contributed by atoms with Gasteiger partial charge in [-0.15, -0.1) is 0 Å². The molecule has 0 aliphatic rings. The van der Waals surface area contributed by atoms with E-state index >= 15 is 0 Å². The quantitative estimate of drug-likeness (QED) is 0.707. The third-order valence-corrected chi connectivity index (χ3v) is 3.13. The molecular weight excluding hydrogens is 204 g/mol. The largest absolute Gasteiger partial charge is 0.315 e.